The van der Waals surface area contributed by atoms with E-state index in [0.29, 0.717) is 39.3 Å². The van der Waals surface area contributed by atoms with E-state index < -0.39 is 30.3 Å². The molecule has 0 bridgehead atoms. The van der Waals surface area contributed by atoms with Gasteiger partial charge in [-0.05, 0) is 48.2 Å². The third kappa shape index (κ3) is 9.90. The Morgan fingerprint density at radius 1 is 0.658 bits per heavy atom. The lowest BCUT2D eigenvalue weighted by Gasteiger charge is -2.34. The Labute approximate surface area is 221 Å². The summed E-state index contributed by atoms with van der Waals surface area (Å²) in [4.78, 5) is 13.0. The summed E-state index contributed by atoms with van der Waals surface area (Å²) in [6, 6.07) is 10.6. The number of hydrogen-bond acceptors (Lipinski definition) is 7. The summed E-state index contributed by atoms with van der Waals surface area (Å²) in [6.07, 6.45) is -0.662. The summed E-state index contributed by atoms with van der Waals surface area (Å²) >= 11 is 0. The molecule has 9 nitrogen and oxygen atoms in total. The summed E-state index contributed by atoms with van der Waals surface area (Å²) in [7, 11) is 3.14. The molecule has 0 aliphatic carbocycles. The van der Waals surface area contributed by atoms with Gasteiger partial charge in [0, 0.05) is 14.2 Å². The van der Waals surface area contributed by atoms with E-state index in [9.17, 15) is 13.6 Å². The minimum absolute atomic E-state index is 0.0719. The quantitative estimate of drug-likeness (QED) is 0.251. The molecule has 4 unspecified atom stereocenters. The van der Waals surface area contributed by atoms with Crippen molar-refractivity contribution in [3.05, 3.63) is 71.3 Å². The van der Waals surface area contributed by atoms with Crippen molar-refractivity contribution < 1.29 is 42.0 Å². The highest BCUT2D eigenvalue weighted by Crippen LogP contribution is 2.22. The van der Waals surface area contributed by atoms with E-state index in [-0.39, 0.29) is 25.2 Å². The van der Waals surface area contributed by atoms with Gasteiger partial charge >= 0.3 is 6.03 Å². The third-order valence-corrected chi connectivity index (χ3v) is 6.04. The fraction of sp³-hybridized carbons (Fsp3) is 0.519. The normalized spacial score (nSPS) is 21.5. The van der Waals surface area contributed by atoms with Crippen LogP contribution >= 0.6 is 0 Å². The molecule has 11 heteroatoms. The first-order valence-electron chi connectivity index (χ1n) is 12.4. The topological polar surface area (TPSA) is 96.5 Å². The molecule has 1 heterocycles. The summed E-state index contributed by atoms with van der Waals surface area (Å²) in [5.41, 5.74) is 1.61. The average molecular weight is 539 g/mol. The zero-order chi connectivity index (χ0) is 27.2. The van der Waals surface area contributed by atoms with Gasteiger partial charge in [0.15, 0.2) is 0 Å². The molecule has 0 aromatic heterocycles. The van der Waals surface area contributed by atoms with Gasteiger partial charge in [-0.1, -0.05) is 24.3 Å². The molecule has 38 heavy (non-hydrogen) atoms. The van der Waals surface area contributed by atoms with Crippen LogP contribution in [-0.2, 0) is 41.3 Å². The zero-order valence-corrected chi connectivity index (χ0v) is 21.7. The van der Waals surface area contributed by atoms with Crippen molar-refractivity contribution >= 4 is 6.03 Å². The van der Waals surface area contributed by atoms with Gasteiger partial charge in [-0.3, -0.25) is 0 Å². The number of amides is 2. The van der Waals surface area contributed by atoms with Gasteiger partial charge < -0.3 is 39.1 Å². The number of nitrogens with one attached hydrogen (secondary N) is 2. The van der Waals surface area contributed by atoms with Crippen molar-refractivity contribution in [3.8, 4) is 0 Å². The smallest absolute Gasteiger partial charge is 0.315 e. The first kappa shape index (κ1) is 29.9. The van der Waals surface area contributed by atoms with Gasteiger partial charge in [0.1, 0.15) is 37.4 Å². The Bertz CT molecular complexity index is 874. The molecule has 1 aliphatic rings. The molecule has 0 spiro atoms. The van der Waals surface area contributed by atoms with Gasteiger partial charge in [-0.15, -0.1) is 0 Å². The Morgan fingerprint density at radius 3 is 1.42 bits per heavy atom. The number of hydrogen-bond donors (Lipinski definition) is 2. The van der Waals surface area contributed by atoms with Crippen LogP contribution in [0.1, 0.15) is 11.1 Å². The van der Waals surface area contributed by atoms with Crippen molar-refractivity contribution in [2.75, 3.05) is 54.2 Å². The molecule has 0 radical (unpaired) electrons. The van der Waals surface area contributed by atoms with E-state index >= 15 is 0 Å². The van der Waals surface area contributed by atoms with Crippen molar-refractivity contribution in [2.24, 2.45) is 0 Å². The van der Waals surface area contributed by atoms with Crippen LogP contribution in [0.3, 0.4) is 0 Å². The summed E-state index contributed by atoms with van der Waals surface area (Å²) in [5, 5.41) is 5.92. The molecule has 210 valence electrons. The standard InChI is InChI=1S/C27H36F2N2O7/c1-33-11-13-35-17-37-25-23(15-19-3-7-21(28)8-4-19)30-27(32)31-24(16-20-5-9-22(29)10-6-20)26(25)38-18-36-14-12-34-2/h3-10,23-26H,11-18H2,1-2H3,(H2,30,31,32). The largest absolute Gasteiger partial charge is 0.382 e. The molecule has 1 saturated heterocycles. The molecule has 1 fully saturated rings. The van der Waals surface area contributed by atoms with Crippen LogP contribution in [0.25, 0.3) is 0 Å². The van der Waals surface area contributed by atoms with Crippen LogP contribution in [0.15, 0.2) is 48.5 Å². The van der Waals surface area contributed by atoms with Gasteiger partial charge in [0.05, 0.1) is 38.5 Å². The monoisotopic (exact) mass is 538 g/mol. The lowest BCUT2D eigenvalue weighted by molar-refractivity contribution is -0.182. The van der Waals surface area contributed by atoms with Crippen LogP contribution < -0.4 is 10.6 Å². The molecule has 2 aromatic carbocycles. The van der Waals surface area contributed by atoms with E-state index in [4.69, 9.17) is 28.4 Å². The molecule has 3 rings (SSSR count). The average Bonchev–Trinajstić information content (AvgIpc) is 3.02. The van der Waals surface area contributed by atoms with Crippen molar-refractivity contribution in [1.29, 1.82) is 0 Å². The van der Waals surface area contributed by atoms with Crippen LogP contribution in [0.2, 0.25) is 0 Å². The molecule has 0 saturated carbocycles. The van der Waals surface area contributed by atoms with Crippen LogP contribution in [-0.4, -0.2) is 84.6 Å². The summed E-state index contributed by atoms with van der Waals surface area (Å²) in [6.45, 7) is 1.29. The number of ether oxygens (including phenoxy) is 6. The maximum atomic E-state index is 13.5. The van der Waals surface area contributed by atoms with E-state index in [0.717, 1.165) is 11.1 Å². The number of methoxy groups -OCH3 is 2. The number of urea groups is 1. The Hall–Kier alpha value is -2.67. The fourth-order valence-electron chi connectivity index (χ4n) is 4.16. The number of carbonyl (C=O) groups is 1. The van der Waals surface area contributed by atoms with E-state index in [1.54, 1.807) is 38.5 Å². The number of halogens is 2. The minimum Gasteiger partial charge on any atom is -0.382 e. The summed E-state index contributed by atoms with van der Waals surface area (Å²) in [5.74, 6) is -0.707. The Kier molecular flexibility index (Phi) is 12.8. The zero-order valence-electron chi connectivity index (χ0n) is 21.7. The van der Waals surface area contributed by atoms with E-state index in [2.05, 4.69) is 10.6 Å². The first-order valence-corrected chi connectivity index (χ1v) is 12.4. The maximum Gasteiger partial charge on any atom is 0.315 e. The molecule has 2 amide bonds. The van der Waals surface area contributed by atoms with Gasteiger partial charge in [0.25, 0.3) is 0 Å². The van der Waals surface area contributed by atoms with Gasteiger partial charge in [0.2, 0.25) is 0 Å². The Morgan fingerprint density at radius 2 is 1.05 bits per heavy atom. The molecule has 2 aromatic rings. The highest BCUT2D eigenvalue weighted by atomic mass is 19.1. The second-order valence-corrected chi connectivity index (χ2v) is 8.79. The van der Waals surface area contributed by atoms with Crippen LogP contribution in [0, 0.1) is 11.6 Å². The van der Waals surface area contributed by atoms with Gasteiger partial charge in [-0.2, -0.15) is 0 Å². The summed E-state index contributed by atoms with van der Waals surface area (Å²) < 4.78 is 60.5. The minimum atomic E-state index is -0.682. The maximum absolute atomic E-state index is 13.5. The van der Waals surface area contributed by atoms with E-state index in [1.807, 2.05) is 0 Å². The molecular weight excluding hydrogens is 502 g/mol. The predicted octanol–water partition coefficient (Wildman–Crippen LogP) is 2.81. The lowest BCUT2D eigenvalue weighted by atomic mass is 9.92. The number of carbonyl (C=O) groups excluding carboxylic acids is 1. The molecule has 4 atom stereocenters. The van der Waals surface area contributed by atoms with Crippen molar-refractivity contribution in [3.63, 3.8) is 0 Å². The second-order valence-electron chi connectivity index (χ2n) is 8.79. The second kappa shape index (κ2) is 16.3. The molecular formula is C27H36F2N2O7. The highest BCUT2D eigenvalue weighted by molar-refractivity contribution is 5.75. The van der Waals surface area contributed by atoms with Crippen LogP contribution in [0.5, 0.6) is 0 Å². The number of rotatable bonds is 16. The Balaban J connectivity index is 1.86. The molecule has 2 N–H and O–H groups in total. The predicted molar refractivity (Wildman–Crippen MR) is 135 cm³/mol. The van der Waals surface area contributed by atoms with Crippen LogP contribution in [0.4, 0.5) is 13.6 Å². The lowest BCUT2D eigenvalue weighted by Crippen LogP contribution is -2.52. The van der Waals surface area contributed by atoms with Crippen molar-refractivity contribution in [1.82, 2.24) is 10.6 Å². The van der Waals surface area contributed by atoms with Crippen molar-refractivity contribution in [2.45, 2.75) is 37.1 Å². The van der Waals surface area contributed by atoms with Gasteiger partial charge in [-0.25, -0.2) is 13.6 Å². The molecule has 1 aliphatic heterocycles. The van der Waals surface area contributed by atoms with E-state index in [1.165, 1.54) is 24.3 Å². The SMILES string of the molecule is COCCOCOC1C(Cc2ccc(F)cc2)NC(=O)NC(Cc2ccc(F)cc2)C1OCOCCOC. The number of benzene rings is 2. The third-order valence-electron chi connectivity index (χ3n) is 6.04. The highest BCUT2D eigenvalue weighted by Gasteiger charge is 2.41. The fourth-order valence-corrected chi connectivity index (χ4v) is 4.16. The first-order chi connectivity index (χ1) is 18.5.